The van der Waals surface area contributed by atoms with Crippen molar-refractivity contribution in [2.45, 2.75) is 19.8 Å². The highest BCUT2D eigenvalue weighted by Gasteiger charge is 2.17. The lowest BCUT2D eigenvalue weighted by Gasteiger charge is -2.26. The fourth-order valence-corrected chi connectivity index (χ4v) is 3.19. The molecule has 0 saturated carbocycles. The molecular weight excluding hydrogens is 290 g/mol. The molecule has 1 aromatic heterocycles. The maximum Gasteiger partial charge on any atom is 0.146 e. The van der Waals surface area contributed by atoms with Crippen LogP contribution in [0.4, 0.5) is 11.6 Å². The largest absolute Gasteiger partial charge is 0.379 e. The third-order valence-electron chi connectivity index (χ3n) is 4.57. The van der Waals surface area contributed by atoms with Crippen molar-refractivity contribution in [3.8, 4) is 6.07 Å². The smallest absolute Gasteiger partial charge is 0.146 e. The van der Waals surface area contributed by atoms with Crippen molar-refractivity contribution < 1.29 is 4.74 Å². The number of nitriles is 1. The molecule has 0 amide bonds. The fourth-order valence-electron chi connectivity index (χ4n) is 3.19. The predicted octanol–water partition coefficient (Wildman–Crippen LogP) is 1.61. The van der Waals surface area contributed by atoms with E-state index in [-0.39, 0.29) is 0 Å². The standard InChI is InChI=1S/C17H25N5O/c1-14-12-16(22-5-2-3-6-22)20-17(15(14)13-18)19-4-7-21-8-10-23-11-9-21/h12H,2-11H2,1H3,(H,19,20). The van der Waals surface area contributed by atoms with E-state index in [0.29, 0.717) is 5.56 Å². The molecule has 2 aliphatic rings. The summed E-state index contributed by atoms with van der Waals surface area (Å²) in [6.07, 6.45) is 2.45. The molecule has 2 fully saturated rings. The summed E-state index contributed by atoms with van der Waals surface area (Å²) in [6.45, 7) is 9.44. The first-order chi connectivity index (χ1) is 11.3. The lowest BCUT2D eigenvalue weighted by Crippen LogP contribution is -2.39. The van der Waals surface area contributed by atoms with Crippen LogP contribution in [0, 0.1) is 18.3 Å². The summed E-state index contributed by atoms with van der Waals surface area (Å²) in [5, 5.41) is 12.8. The molecule has 2 aliphatic heterocycles. The number of morpholine rings is 1. The normalized spacial score (nSPS) is 18.9. The number of pyridine rings is 1. The Morgan fingerprint density at radius 3 is 2.70 bits per heavy atom. The predicted molar refractivity (Wildman–Crippen MR) is 90.9 cm³/mol. The minimum absolute atomic E-state index is 0.662. The van der Waals surface area contributed by atoms with Crippen molar-refractivity contribution >= 4 is 11.6 Å². The van der Waals surface area contributed by atoms with Crippen LogP contribution in [-0.2, 0) is 4.74 Å². The van der Waals surface area contributed by atoms with Crippen molar-refractivity contribution in [2.75, 3.05) is 62.7 Å². The van der Waals surface area contributed by atoms with E-state index in [9.17, 15) is 5.26 Å². The summed E-state index contributed by atoms with van der Waals surface area (Å²) in [7, 11) is 0. The molecule has 0 unspecified atom stereocenters. The summed E-state index contributed by atoms with van der Waals surface area (Å²) in [5.74, 6) is 1.72. The Bertz CT molecular complexity index is 571. The number of anilines is 2. The molecule has 23 heavy (non-hydrogen) atoms. The summed E-state index contributed by atoms with van der Waals surface area (Å²) in [6, 6.07) is 4.33. The van der Waals surface area contributed by atoms with E-state index < -0.39 is 0 Å². The van der Waals surface area contributed by atoms with Crippen LogP contribution < -0.4 is 10.2 Å². The van der Waals surface area contributed by atoms with Gasteiger partial charge in [-0.15, -0.1) is 0 Å². The van der Waals surface area contributed by atoms with Gasteiger partial charge in [0.05, 0.1) is 18.8 Å². The van der Waals surface area contributed by atoms with Crippen molar-refractivity contribution in [1.29, 1.82) is 5.26 Å². The molecule has 3 rings (SSSR count). The van der Waals surface area contributed by atoms with Gasteiger partial charge in [-0.25, -0.2) is 4.98 Å². The number of hydrogen-bond donors (Lipinski definition) is 1. The SMILES string of the molecule is Cc1cc(N2CCCC2)nc(NCCN2CCOCC2)c1C#N. The van der Waals surface area contributed by atoms with Gasteiger partial charge in [-0.05, 0) is 31.4 Å². The molecule has 1 N–H and O–H groups in total. The molecule has 2 saturated heterocycles. The monoisotopic (exact) mass is 315 g/mol. The molecule has 124 valence electrons. The molecule has 0 bridgehead atoms. The van der Waals surface area contributed by atoms with Crippen LogP contribution in [0.1, 0.15) is 24.0 Å². The van der Waals surface area contributed by atoms with E-state index in [0.717, 1.165) is 69.7 Å². The molecule has 3 heterocycles. The maximum atomic E-state index is 9.43. The molecule has 0 aromatic carbocycles. The molecule has 6 heteroatoms. The Labute approximate surface area is 138 Å². The minimum atomic E-state index is 0.662. The average Bonchev–Trinajstić information content (AvgIpc) is 3.10. The van der Waals surface area contributed by atoms with Crippen molar-refractivity contribution in [3.05, 3.63) is 17.2 Å². The van der Waals surface area contributed by atoms with Crippen LogP contribution in [0.3, 0.4) is 0 Å². The lowest BCUT2D eigenvalue weighted by molar-refractivity contribution is 0.0398. The van der Waals surface area contributed by atoms with E-state index in [4.69, 9.17) is 9.72 Å². The number of nitrogens with one attached hydrogen (secondary N) is 1. The van der Waals surface area contributed by atoms with Gasteiger partial charge in [0.1, 0.15) is 17.7 Å². The second-order valence-corrected chi connectivity index (χ2v) is 6.21. The average molecular weight is 315 g/mol. The number of aromatic nitrogens is 1. The van der Waals surface area contributed by atoms with Gasteiger partial charge in [-0.2, -0.15) is 5.26 Å². The van der Waals surface area contributed by atoms with Crippen LogP contribution in [-0.4, -0.2) is 62.4 Å². The Morgan fingerprint density at radius 1 is 1.26 bits per heavy atom. The zero-order valence-electron chi connectivity index (χ0n) is 13.8. The summed E-state index contributed by atoms with van der Waals surface area (Å²) < 4.78 is 5.37. The first-order valence-electron chi connectivity index (χ1n) is 8.48. The Hall–Kier alpha value is -1.84. The van der Waals surface area contributed by atoms with E-state index in [1.807, 2.05) is 13.0 Å². The van der Waals surface area contributed by atoms with Gasteiger partial charge >= 0.3 is 0 Å². The van der Waals surface area contributed by atoms with Crippen LogP contribution in [0.5, 0.6) is 0 Å². The summed E-state index contributed by atoms with van der Waals surface area (Å²) in [5.41, 5.74) is 1.66. The van der Waals surface area contributed by atoms with E-state index in [1.54, 1.807) is 0 Å². The molecular formula is C17H25N5O. The van der Waals surface area contributed by atoms with Gasteiger partial charge < -0.3 is 15.0 Å². The van der Waals surface area contributed by atoms with E-state index in [1.165, 1.54) is 12.8 Å². The molecule has 6 nitrogen and oxygen atoms in total. The highest BCUT2D eigenvalue weighted by atomic mass is 16.5. The zero-order chi connectivity index (χ0) is 16.1. The molecule has 1 aromatic rings. The van der Waals surface area contributed by atoms with Crippen LogP contribution in [0.15, 0.2) is 6.07 Å². The summed E-state index contributed by atoms with van der Waals surface area (Å²) >= 11 is 0. The zero-order valence-corrected chi connectivity index (χ0v) is 13.8. The van der Waals surface area contributed by atoms with E-state index >= 15 is 0 Å². The third kappa shape index (κ3) is 3.92. The third-order valence-corrected chi connectivity index (χ3v) is 4.57. The lowest BCUT2D eigenvalue weighted by atomic mass is 10.1. The molecule has 0 atom stereocenters. The number of nitrogens with zero attached hydrogens (tertiary/aromatic N) is 4. The first-order valence-corrected chi connectivity index (χ1v) is 8.48. The molecule has 0 radical (unpaired) electrons. The number of hydrogen-bond acceptors (Lipinski definition) is 6. The second kappa shape index (κ2) is 7.62. The van der Waals surface area contributed by atoms with Gasteiger partial charge in [0, 0.05) is 39.3 Å². The Kier molecular flexibility index (Phi) is 5.31. The number of aryl methyl sites for hydroxylation is 1. The van der Waals surface area contributed by atoms with Crippen molar-refractivity contribution in [2.24, 2.45) is 0 Å². The van der Waals surface area contributed by atoms with Crippen LogP contribution in [0.2, 0.25) is 0 Å². The van der Waals surface area contributed by atoms with Crippen LogP contribution >= 0.6 is 0 Å². The molecule has 0 spiro atoms. The van der Waals surface area contributed by atoms with Crippen molar-refractivity contribution in [3.63, 3.8) is 0 Å². The van der Waals surface area contributed by atoms with E-state index in [2.05, 4.69) is 21.2 Å². The Balaban J connectivity index is 1.67. The van der Waals surface area contributed by atoms with Gasteiger partial charge in [0.2, 0.25) is 0 Å². The highest BCUT2D eigenvalue weighted by molar-refractivity contribution is 5.61. The number of rotatable bonds is 5. The van der Waals surface area contributed by atoms with Gasteiger partial charge in [-0.3, -0.25) is 4.90 Å². The van der Waals surface area contributed by atoms with Crippen LogP contribution in [0.25, 0.3) is 0 Å². The van der Waals surface area contributed by atoms with Gasteiger partial charge in [-0.1, -0.05) is 0 Å². The van der Waals surface area contributed by atoms with Gasteiger partial charge in [0.15, 0.2) is 0 Å². The highest BCUT2D eigenvalue weighted by Crippen LogP contribution is 2.25. The minimum Gasteiger partial charge on any atom is -0.379 e. The number of ether oxygens (including phenoxy) is 1. The summed E-state index contributed by atoms with van der Waals surface area (Å²) in [4.78, 5) is 9.40. The Morgan fingerprint density at radius 2 is 2.00 bits per heavy atom. The fraction of sp³-hybridized carbons (Fsp3) is 0.647. The second-order valence-electron chi connectivity index (χ2n) is 6.21. The first kappa shape index (κ1) is 16.0. The molecule has 0 aliphatic carbocycles. The maximum absolute atomic E-state index is 9.43. The van der Waals surface area contributed by atoms with Gasteiger partial charge in [0.25, 0.3) is 0 Å². The quantitative estimate of drug-likeness (QED) is 0.890. The van der Waals surface area contributed by atoms with Crippen molar-refractivity contribution in [1.82, 2.24) is 9.88 Å². The topological polar surface area (TPSA) is 64.4 Å².